The minimum atomic E-state index is -0.529. The molecular weight excluding hydrogens is 297 g/mol. The predicted molar refractivity (Wildman–Crippen MR) is 84.2 cm³/mol. The molecule has 0 bridgehead atoms. The van der Waals surface area contributed by atoms with E-state index in [0.29, 0.717) is 13.0 Å². The lowest BCUT2D eigenvalue weighted by Crippen LogP contribution is -2.24. The van der Waals surface area contributed by atoms with Gasteiger partial charge in [-0.25, -0.2) is 9.18 Å². The Morgan fingerprint density at radius 3 is 2.78 bits per heavy atom. The summed E-state index contributed by atoms with van der Waals surface area (Å²) < 4.78 is 18.4. The number of hydrogen-bond acceptors (Lipinski definition) is 3. The molecule has 0 saturated carbocycles. The fourth-order valence-corrected chi connectivity index (χ4v) is 1.77. The number of alkyl carbamates (subject to hydrolysis) is 1. The monoisotopic (exact) mass is 313 g/mol. The molecule has 5 heteroatoms. The van der Waals surface area contributed by atoms with Crippen LogP contribution in [-0.2, 0) is 11.3 Å². The molecule has 2 N–H and O–H groups in total. The Hall–Kier alpha value is -3.00. The zero-order chi connectivity index (χ0) is 16.5. The van der Waals surface area contributed by atoms with Crippen LogP contribution in [0.4, 0.5) is 9.18 Å². The molecule has 0 fully saturated rings. The van der Waals surface area contributed by atoms with E-state index in [0.717, 1.165) is 11.6 Å². The van der Waals surface area contributed by atoms with Gasteiger partial charge in [0, 0.05) is 13.0 Å². The summed E-state index contributed by atoms with van der Waals surface area (Å²) in [4.78, 5) is 11.5. The van der Waals surface area contributed by atoms with Crippen molar-refractivity contribution >= 4 is 6.09 Å². The summed E-state index contributed by atoms with van der Waals surface area (Å²) in [5.41, 5.74) is 1.03. The molecule has 0 saturated heterocycles. The molecule has 0 atom stereocenters. The van der Waals surface area contributed by atoms with Crippen molar-refractivity contribution in [3.63, 3.8) is 0 Å². The Labute approximate surface area is 133 Å². The van der Waals surface area contributed by atoms with Gasteiger partial charge in [0.25, 0.3) is 0 Å². The molecule has 2 aromatic rings. The SMILES string of the molecule is O=C(NCCC#Cc1cc(O)ccc1F)OCc1ccccc1. The number of carbonyl (C=O) groups is 1. The van der Waals surface area contributed by atoms with Crippen molar-refractivity contribution < 1.29 is 19.0 Å². The van der Waals surface area contributed by atoms with Gasteiger partial charge in [-0.1, -0.05) is 42.2 Å². The molecule has 2 rings (SSSR count). The fraction of sp³-hybridized carbons (Fsp3) is 0.167. The van der Waals surface area contributed by atoms with Crippen LogP contribution in [0.3, 0.4) is 0 Å². The third kappa shape index (κ3) is 5.71. The van der Waals surface area contributed by atoms with Gasteiger partial charge < -0.3 is 15.2 Å². The molecule has 0 radical (unpaired) electrons. The predicted octanol–water partition coefficient (Wildman–Crippen LogP) is 3.20. The Morgan fingerprint density at radius 1 is 1.22 bits per heavy atom. The van der Waals surface area contributed by atoms with Crippen LogP contribution < -0.4 is 5.32 Å². The number of amides is 1. The first kappa shape index (κ1) is 16.4. The summed E-state index contributed by atoms with van der Waals surface area (Å²) in [7, 11) is 0. The average molecular weight is 313 g/mol. The van der Waals surface area contributed by atoms with Gasteiger partial charge in [-0.05, 0) is 23.8 Å². The standard InChI is InChI=1S/C18H16FNO3/c19-17-10-9-16(21)12-15(17)8-4-5-11-20-18(22)23-13-14-6-2-1-3-7-14/h1-3,6-7,9-10,12,21H,5,11,13H2,(H,20,22). The molecule has 23 heavy (non-hydrogen) atoms. The molecule has 1 amide bonds. The van der Waals surface area contributed by atoms with Crippen molar-refractivity contribution in [3.05, 3.63) is 65.5 Å². The molecule has 4 nitrogen and oxygen atoms in total. The Morgan fingerprint density at radius 2 is 2.00 bits per heavy atom. The zero-order valence-corrected chi connectivity index (χ0v) is 12.4. The number of rotatable bonds is 4. The first-order valence-electron chi connectivity index (χ1n) is 7.07. The number of aromatic hydroxyl groups is 1. The molecule has 2 aromatic carbocycles. The Bertz CT molecular complexity index is 720. The van der Waals surface area contributed by atoms with E-state index in [-0.39, 0.29) is 17.9 Å². The molecular formula is C18H16FNO3. The van der Waals surface area contributed by atoms with E-state index < -0.39 is 11.9 Å². The van der Waals surface area contributed by atoms with E-state index in [2.05, 4.69) is 17.2 Å². The highest BCUT2D eigenvalue weighted by atomic mass is 19.1. The summed E-state index contributed by atoms with van der Waals surface area (Å²) >= 11 is 0. The maximum Gasteiger partial charge on any atom is 0.407 e. The highest BCUT2D eigenvalue weighted by Gasteiger charge is 2.01. The first-order chi connectivity index (χ1) is 11.1. The van der Waals surface area contributed by atoms with E-state index >= 15 is 0 Å². The largest absolute Gasteiger partial charge is 0.508 e. The third-order valence-electron chi connectivity index (χ3n) is 2.91. The van der Waals surface area contributed by atoms with Gasteiger partial charge in [-0.2, -0.15) is 0 Å². The van der Waals surface area contributed by atoms with Crippen molar-refractivity contribution in [3.8, 4) is 17.6 Å². The molecule has 0 aliphatic heterocycles. The fourth-order valence-electron chi connectivity index (χ4n) is 1.77. The minimum Gasteiger partial charge on any atom is -0.508 e. The van der Waals surface area contributed by atoms with Crippen LogP contribution in [0.5, 0.6) is 5.75 Å². The van der Waals surface area contributed by atoms with Crippen LogP contribution in [0, 0.1) is 17.7 Å². The third-order valence-corrected chi connectivity index (χ3v) is 2.91. The van der Waals surface area contributed by atoms with Gasteiger partial charge >= 0.3 is 6.09 Å². The van der Waals surface area contributed by atoms with Gasteiger partial charge in [0.05, 0.1) is 5.56 Å². The number of benzene rings is 2. The maximum absolute atomic E-state index is 13.4. The number of halogens is 1. The van der Waals surface area contributed by atoms with Crippen LogP contribution >= 0.6 is 0 Å². The van der Waals surface area contributed by atoms with Gasteiger partial charge in [-0.15, -0.1) is 0 Å². The van der Waals surface area contributed by atoms with Gasteiger partial charge in [0.15, 0.2) is 0 Å². The van der Waals surface area contributed by atoms with Crippen molar-refractivity contribution in [2.45, 2.75) is 13.0 Å². The van der Waals surface area contributed by atoms with Crippen LogP contribution in [0.25, 0.3) is 0 Å². The molecule has 118 valence electrons. The summed E-state index contributed by atoms with van der Waals surface area (Å²) in [6.07, 6.45) is -0.186. The minimum absolute atomic E-state index is 0.0432. The van der Waals surface area contributed by atoms with Crippen molar-refractivity contribution in [2.24, 2.45) is 0 Å². The smallest absolute Gasteiger partial charge is 0.407 e. The van der Waals surface area contributed by atoms with Crippen LogP contribution in [0.1, 0.15) is 17.5 Å². The van der Waals surface area contributed by atoms with Crippen molar-refractivity contribution in [1.29, 1.82) is 0 Å². The van der Waals surface area contributed by atoms with Gasteiger partial charge in [0.1, 0.15) is 18.2 Å². The van der Waals surface area contributed by atoms with E-state index in [9.17, 15) is 14.3 Å². The number of phenolic OH excluding ortho intramolecular Hbond substituents is 1. The average Bonchev–Trinajstić information content (AvgIpc) is 2.56. The Balaban J connectivity index is 1.70. The number of nitrogens with one attached hydrogen (secondary N) is 1. The van der Waals surface area contributed by atoms with Crippen molar-refractivity contribution in [1.82, 2.24) is 5.32 Å². The highest BCUT2D eigenvalue weighted by Crippen LogP contribution is 2.13. The summed E-state index contributed by atoms with van der Waals surface area (Å²) in [5.74, 6) is 4.80. The number of hydrogen-bond donors (Lipinski definition) is 2. The lowest BCUT2D eigenvalue weighted by atomic mass is 10.2. The maximum atomic E-state index is 13.4. The first-order valence-corrected chi connectivity index (χ1v) is 7.07. The lowest BCUT2D eigenvalue weighted by molar-refractivity contribution is 0.140. The van der Waals surface area contributed by atoms with E-state index in [1.54, 1.807) is 0 Å². The van der Waals surface area contributed by atoms with Crippen LogP contribution in [0.15, 0.2) is 48.5 Å². The van der Waals surface area contributed by atoms with E-state index in [1.807, 2.05) is 30.3 Å². The normalized spacial score (nSPS) is 9.61. The Kier molecular flexibility index (Phi) is 6.01. The van der Waals surface area contributed by atoms with Gasteiger partial charge in [0.2, 0.25) is 0 Å². The second kappa shape index (κ2) is 8.44. The number of ether oxygens (including phenoxy) is 1. The second-order valence-corrected chi connectivity index (χ2v) is 4.70. The number of phenols is 1. The lowest BCUT2D eigenvalue weighted by Gasteiger charge is -2.05. The highest BCUT2D eigenvalue weighted by molar-refractivity contribution is 5.67. The zero-order valence-electron chi connectivity index (χ0n) is 12.4. The second-order valence-electron chi connectivity index (χ2n) is 4.70. The van der Waals surface area contributed by atoms with Crippen LogP contribution in [0.2, 0.25) is 0 Å². The summed E-state index contributed by atoms with van der Waals surface area (Å²) in [6, 6.07) is 13.0. The molecule has 0 spiro atoms. The molecule has 0 aromatic heterocycles. The quantitative estimate of drug-likeness (QED) is 0.673. The summed E-state index contributed by atoms with van der Waals surface area (Å²) in [5, 5.41) is 11.8. The van der Waals surface area contributed by atoms with E-state index in [1.165, 1.54) is 12.1 Å². The number of carbonyl (C=O) groups excluding carboxylic acids is 1. The molecule has 0 unspecified atom stereocenters. The van der Waals surface area contributed by atoms with E-state index in [4.69, 9.17) is 4.74 Å². The molecule has 0 heterocycles. The summed E-state index contributed by atoms with van der Waals surface area (Å²) in [6.45, 7) is 0.494. The topological polar surface area (TPSA) is 58.6 Å². The van der Waals surface area contributed by atoms with Gasteiger partial charge in [-0.3, -0.25) is 0 Å². The van der Waals surface area contributed by atoms with Crippen LogP contribution in [-0.4, -0.2) is 17.7 Å². The van der Waals surface area contributed by atoms with Crippen molar-refractivity contribution in [2.75, 3.05) is 6.54 Å². The molecule has 0 aliphatic carbocycles. The molecule has 0 aliphatic rings.